The molecule has 16 heavy (non-hydrogen) atoms. The predicted molar refractivity (Wildman–Crippen MR) is 60.4 cm³/mol. The Labute approximate surface area is 102 Å². The zero-order valence-corrected chi connectivity index (χ0v) is 9.87. The van der Waals surface area contributed by atoms with Crippen LogP contribution in [0.3, 0.4) is 0 Å². The fraction of sp³-hybridized carbons (Fsp3) is 0.250. The summed E-state index contributed by atoms with van der Waals surface area (Å²) in [5, 5.41) is 14.4. The lowest BCUT2D eigenvalue weighted by atomic mass is 10.4. The monoisotopic (exact) mass is 258 g/mol. The molecule has 2 rings (SSSR count). The van der Waals surface area contributed by atoms with E-state index >= 15 is 0 Å². The summed E-state index contributed by atoms with van der Waals surface area (Å²) in [5.41, 5.74) is 0.991. The Morgan fingerprint density at radius 2 is 2.19 bits per heavy atom. The number of anilines is 1. The summed E-state index contributed by atoms with van der Waals surface area (Å²) in [6.07, 6.45) is 1.71. The number of nitrogens with one attached hydrogen (secondary N) is 1. The fourth-order valence-electron chi connectivity index (χ4n) is 1.15. The largest absolute Gasteiger partial charge is 0.362 e. The summed E-state index contributed by atoms with van der Waals surface area (Å²) in [4.78, 5) is 3.92. The Morgan fingerprint density at radius 1 is 1.38 bits per heavy atom. The fourth-order valence-corrected chi connectivity index (χ4v) is 1.42. The molecule has 0 aliphatic carbocycles. The van der Waals surface area contributed by atoms with Gasteiger partial charge in [-0.2, -0.15) is 10.1 Å². The molecule has 0 fully saturated rings. The van der Waals surface area contributed by atoms with E-state index in [0.717, 1.165) is 5.69 Å². The molecule has 2 heterocycles. The normalized spacial score (nSPS) is 10.4. The number of aryl methyl sites for hydroxylation is 1. The van der Waals surface area contributed by atoms with Crippen LogP contribution in [-0.2, 0) is 13.6 Å². The Bertz CT molecular complexity index is 497. The van der Waals surface area contributed by atoms with Crippen LogP contribution in [0, 0.1) is 0 Å². The van der Waals surface area contributed by atoms with Crippen molar-refractivity contribution in [2.45, 2.75) is 6.54 Å². The lowest BCUT2D eigenvalue weighted by molar-refractivity contribution is 0.719. The third-order valence-electron chi connectivity index (χ3n) is 1.98. The molecule has 0 saturated heterocycles. The van der Waals surface area contributed by atoms with Crippen LogP contribution in [0.15, 0.2) is 12.3 Å². The van der Waals surface area contributed by atoms with Crippen molar-refractivity contribution in [1.82, 2.24) is 25.0 Å². The lowest BCUT2D eigenvalue weighted by Gasteiger charge is -2.06. The summed E-state index contributed by atoms with van der Waals surface area (Å²) in [6, 6.07) is 1.89. The highest BCUT2D eigenvalue weighted by atomic mass is 35.5. The number of hydrogen-bond acceptors (Lipinski definition) is 5. The summed E-state index contributed by atoms with van der Waals surface area (Å²) < 4.78 is 1.75. The highest BCUT2D eigenvalue weighted by molar-refractivity contribution is 6.32. The number of nitrogens with zero attached hydrogens (tertiary/aromatic N) is 5. The van der Waals surface area contributed by atoms with Gasteiger partial charge in [-0.1, -0.05) is 11.6 Å². The van der Waals surface area contributed by atoms with Gasteiger partial charge in [-0.15, -0.1) is 10.2 Å². The molecule has 0 bridgehead atoms. The molecule has 6 nitrogen and oxygen atoms in total. The molecule has 0 saturated carbocycles. The minimum atomic E-state index is 0.0527. The maximum absolute atomic E-state index is 5.80. The number of halogens is 2. The highest BCUT2D eigenvalue weighted by Gasteiger charge is 2.06. The molecule has 84 valence electrons. The van der Waals surface area contributed by atoms with E-state index in [-0.39, 0.29) is 10.4 Å². The van der Waals surface area contributed by atoms with E-state index in [0.29, 0.717) is 12.4 Å². The minimum absolute atomic E-state index is 0.0527. The van der Waals surface area contributed by atoms with Gasteiger partial charge in [0.15, 0.2) is 11.0 Å². The number of hydrogen-bond donors (Lipinski definition) is 1. The van der Waals surface area contributed by atoms with Gasteiger partial charge in [0.1, 0.15) is 0 Å². The maximum atomic E-state index is 5.80. The smallest absolute Gasteiger partial charge is 0.245 e. The van der Waals surface area contributed by atoms with Crippen LogP contribution in [0.1, 0.15) is 5.69 Å². The second kappa shape index (κ2) is 4.63. The van der Waals surface area contributed by atoms with Gasteiger partial charge in [0.05, 0.1) is 12.2 Å². The molecule has 1 N–H and O–H groups in total. The van der Waals surface area contributed by atoms with Gasteiger partial charge in [0.2, 0.25) is 5.28 Å². The van der Waals surface area contributed by atoms with Crippen molar-refractivity contribution < 1.29 is 0 Å². The van der Waals surface area contributed by atoms with Gasteiger partial charge in [0.25, 0.3) is 0 Å². The molecule has 0 aliphatic heterocycles. The van der Waals surface area contributed by atoms with Crippen molar-refractivity contribution in [2.24, 2.45) is 7.05 Å². The van der Waals surface area contributed by atoms with Crippen molar-refractivity contribution in [3.05, 3.63) is 28.4 Å². The van der Waals surface area contributed by atoms with Crippen molar-refractivity contribution in [1.29, 1.82) is 0 Å². The lowest BCUT2D eigenvalue weighted by Crippen LogP contribution is -2.08. The van der Waals surface area contributed by atoms with Crippen molar-refractivity contribution in [3.8, 4) is 0 Å². The van der Waals surface area contributed by atoms with Gasteiger partial charge in [-0.05, 0) is 17.7 Å². The molecular weight excluding hydrogens is 251 g/mol. The van der Waals surface area contributed by atoms with Crippen LogP contribution in [0.25, 0.3) is 0 Å². The Balaban J connectivity index is 2.10. The van der Waals surface area contributed by atoms with E-state index in [9.17, 15) is 0 Å². The molecule has 0 amide bonds. The summed E-state index contributed by atoms with van der Waals surface area (Å²) >= 11 is 11.4. The van der Waals surface area contributed by atoms with Gasteiger partial charge in [-0.3, -0.25) is 4.68 Å². The number of aromatic nitrogens is 5. The summed E-state index contributed by atoms with van der Waals surface area (Å²) in [6.45, 7) is 0.533. The predicted octanol–water partition coefficient (Wildman–Crippen LogP) is 1.52. The SMILES string of the molecule is Cn1nccc1CNc1nc(Cl)nnc1Cl. The van der Waals surface area contributed by atoms with E-state index in [2.05, 4.69) is 25.6 Å². The van der Waals surface area contributed by atoms with Crippen LogP contribution < -0.4 is 5.32 Å². The Hall–Kier alpha value is -1.40. The zero-order valence-electron chi connectivity index (χ0n) is 8.35. The van der Waals surface area contributed by atoms with Crippen LogP contribution in [-0.4, -0.2) is 25.0 Å². The third kappa shape index (κ3) is 2.40. The molecule has 0 aromatic carbocycles. The van der Waals surface area contributed by atoms with E-state index < -0.39 is 0 Å². The minimum Gasteiger partial charge on any atom is -0.362 e. The molecule has 0 aliphatic rings. The maximum Gasteiger partial charge on any atom is 0.245 e. The summed E-state index contributed by atoms with van der Waals surface area (Å²) in [7, 11) is 1.85. The molecule has 2 aromatic rings. The molecule has 0 unspecified atom stereocenters. The van der Waals surface area contributed by atoms with Gasteiger partial charge in [-0.25, -0.2) is 0 Å². The van der Waals surface area contributed by atoms with E-state index in [4.69, 9.17) is 23.2 Å². The molecule has 2 aromatic heterocycles. The average Bonchev–Trinajstić information content (AvgIpc) is 2.66. The summed E-state index contributed by atoms with van der Waals surface area (Å²) in [5.74, 6) is 0.405. The quantitative estimate of drug-likeness (QED) is 0.905. The Morgan fingerprint density at radius 3 is 2.88 bits per heavy atom. The van der Waals surface area contributed by atoms with Crippen molar-refractivity contribution >= 4 is 29.0 Å². The van der Waals surface area contributed by atoms with Gasteiger partial charge < -0.3 is 5.32 Å². The molecular formula is C8H8Cl2N6. The van der Waals surface area contributed by atoms with Crippen LogP contribution in [0.4, 0.5) is 5.82 Å². The van der Waals surface area contributed by atoms with E-state index in [1.54, 1.807) is 10.9 Å². The Kier molecular flexibility index (Phi) is 3.21. The zero-order chi connectivity index (χ0) is 11.5. The first-order chi connectivity index (χ1) is 7.66. The average molecular weight is 259 g/mol. The molecule has 0 radical (unpaired) electrons. The topological polar surface area (TPSA) is 68.5 Å². The van der Waals surface area contributed by atoms with Gasteiger partial charge in [0, 0.05) is 13.2 Å². The van der Waals surface area contributed by atoms with Crippen molar-refractivity contribution in [3.63, 3.8) is 0 Å². The van der Waals surface area contributed by atoms with Crippen LogP contribution >= 0.6 is 23.2 Å². The second-order valence-electron chi connectivity index (χ2n) is 3.02. The second-order valence-corrected chi connectivity index (χ2v) is 3.72. The molecule has 0 spiro atoms. The van der Waals surface area contributed by atoms with E-state index in [1.807, 2.05) is 13.1 Å². The van der Waals surface area contributed by atoms with Crippen molar-refractivity contribution in [2.75, 3.05) is 5.32 Å². The first-order valence-electron chi connectivity index (χ1n) is 4.43. The highest BCUT2D eigenvalue weighted by Crippen LogP contribution is 2.17. The van der Waals surface area contributed by atoms with Gasteiger partial charge >= 0.3 is 0 Å². The first-order valence-corrected chi connectivity index (χ1v) is 5.19. The molecule has 8 heteroatoms. The van der Waals surface area contributed by atoms with Crippen LogP contribution in [0.5, 0.6) is 0 Å². The first kappa shape index (κ1) is 11.1. The van der Waals surface area contributed by atoms with Crippen LogP contribution in [0.2, 0.25) is 10.4 Å². The number of rotatable bonds is 3. The van der Waals surface area contributed by atoms with E-state index in [1.165, 1.54) is 0 Å². The standard InChI is InChI=1S/C8H8Cl2N6/c1-16-5(2-3-12-16)4-11-7-6(9)14-15-8(10)13-7/h2-3H,4H2,1H3,(H,11,13,15). The third-order valence-corrected chi connectivity index (χ3v) is 2.39. The molecule has 0 atom stereocenters.